The average molecular weight is 259 g/mol. The standard InChI is InChI=1S/C15H9F2O2/c16-9-6-10(17)8-11(7-9)19-15-3-1-2-12-13(15)4-5-14(12)18/h1,3,6-8H,4-5H2. The molecule has 3 rings (SSSR count). The molecule has 0 heterocycles. The molecule has 0 fully saturated rings. The number of hydrogen-bond donors (Lipinski definition) is 0. The minimum atomic E-state index is -0.704. The summed E-state index contributed by atoms with van der Waals surface area (Å²) in [4.78, 5) is 11.6. The highest BCUT2D eigenvalue weighted by Gasteiger charge is 2.23. The van der Waals surface area contributed by atoms with Crippen LogP contribution in [0.2, 0.25) is 0 Å². The quantitative estimate of drug-likeness (QED) is 0.822. The molecular weight excluding hydrogens is 250 g/mol. The molecular formula is C15H9F2O2. The maximum absolute atomic E-state index is 13.1. The van der Waals surface area contributed by atoms with Crippen LogP contribution >= 0.6 is 0 Å². The second-order valence-electron chi connectivity index (χ2n) is 4.33. The van der Waals surface area contributed by atoms with Gasteiger partial charge in [-0.3, -0.25) is 4.79 Å². The highest BCUT2D eigenvalue weighted by atomic mass is 19.1. The van der Waals surface area contributed by atoms with Gasteiger partial charge < -0.3 is 4.74 Å². The van der Waals surface area contributed by atoms with E-state index in [9.17, 15) is 13.6 Å². The van der Waals surface area contributed by atoms with Gasteiger partial charge in [-0.2, -0.15) is 0 Å². The maximum Gasteiger partial charge on any atom is 0.164 e. The van der Waals surface area contributed by atoms with Gasteiger partial charge in [0.25, 0.3) is 0 Å². The van der Waals surface area contributed by atoms with Gasteiger partial charge in [0.15, 0.2) is 5.78 Å². The van der Waals surface area contributed by atoms with Crippen molar-refractivity contribution in [2.24, 2.45) is 0 Å². The molecule has 2 aromatic rings. The predicted octanol–water partition coefficient (Wildman–Crippen LogP) is 3.69. The van der Waals surface area contributed by atoms with Gasteiger partial charge in [0, 0.05) is 35.7 Å². The van der Waals surface area contributed by atoms with Gasteiger partial charge >= 0.3 is 0 Å². The van der Waals surface area contributed by atoms with Crippen molar-refractivity contribution >= 4 is 5.78 Å². The van der Waals surface area contributed by atoms with E-state index in [1.54, 1.807) is 12.1 Å². The van der Waals surface area contributed by atoms with Crippen LogP contribution in [0.5, 0.6) is 11.5 Å². The van der Waals surface area contributed by atoms with E-state index in [4.69, 9.17) is 4.74 Å². The first-order chi connectivity index (χ1) is 9.13. The van der Waals surface area contributed by atoms with Gasteiger partial charge in [0.1, 0.15) is 23.1 Å². The third kappa shape index (κ3) is 2.21. The Hall–Kier alpha value is -2.23. The molecule has 95 valence electrons. The summed E-state index contributed by atoms with van der Waals surface area (Å²) < 4.78 is 31.7. The zero-order valence-corrected chi connectivity index (χ0v) is 9.87. The first-order valence-corrected chi connectivity index (χ1v) is 5.84. The molecule has 0 unspecified atom stereocenters. The molecule has 1 aliphatic rings. The van der Waals surface area contributed by atoms with Crippen LogP contribution in [0.15, 0.2) is 30.3 Å². The van der Waals surface area contributed by atoms with Crippen LogP contribution in [0, 0.1) is 17.7 Å². The van der Waals surface area contributed by atoms with E-state index < -0.39 is 11.6 Å². The second-order valence-corrected chi connectivity index (χ2v) is 4.33. The Labute approximate surface area is 108 Å². The van der Waals surface area contributed by atoms with Crippen molar-refractivity contribution in [2.75, 3.05) is 0 Å². The summed E-state index contributed by atoms with van der Waals surface area (Å²) in [5.74, 6) is -0.865. The van der Waals surface area contributed by atoms with Crippen LogP contribution in [0.25, 0.3) is 0 Å². The number of halogens is 2. The van der Waals surface area contributed by atoms with E-state index in [0.29, 0.717) is 24.2 Å². The van der Waals surface area contributed by atoms with Gasteiger partial charge in [-0.25, -0.2) is 8.78 Å². The lowest BCUT2D eigenvalue weighted by Crippen LogP contribution is -1.94. The lowest BCUT2D eigenvalue weighted by molar-refractivity contribution is 0.0994. The van der Waals surface area contributed by atoms with Crippen molar-refractivity contribution in [3.63, 3.8) is 0 Å². The number of hydrogen-bond acceptors (Lipinski definition) is 2. The lowest BCUT2D eigenvalue weighted by atomic mass is 10.1. The summed E-state index contributed by atoms with van der Waals surface area (Å²) in [5.41, 5.74) is 1.26. The summed E-state index contributed by atoms with van der Waals surface area (Å²) in [5, 5.41) is 0. The molecule has 0 aliphatic heterocycles. The predicted molar refractivity (Wildman–Crippen MR) is 64.4 cm³/mol. The fourth-order valence-electron chi connectivity index (χ4n) is 2.18. The molecule has 0 saturated carbocycles. The molecule has 0 spiro atoms. The number of fused-ring (bicyclic) bond motifs is 1. The minimum Gasteiger partial charge on any atom is -0.457 e. The van der Waals surface area contributed by atoms with Gasteiger partial charge in [-0.15, -0.1) is 0 Å². The third-order valence-corrected chi connectivity index (χ3v) is 3.01. The highest BCUT2D eigenvalue weighted by molar-refractivity contribution is 6.00. The Morgan fingerprint density at radius 1 is 1.11 bits per heavy atom. The van der Waals surface area contributed by atoms with Gasteiger partial charge in [0.05, 0.1) is 0 Å². The molecule has 0 saturated heterocycles. The summed E-state index contributed by atoms with van der Waals surface area (Å²) in [7, 11) is 0. The van der Waals surface area contributed by atoms with E-state index in [0.717, 1.165) is 23.8 Å². The number of rotatable bonds is 2. The molecule has 1 aliphatic carbocycles. The summed E-state index contributed by atoms with van der Waals surface area (Å²) in [6.45, 7) is 0. The third-order valence-electron chi connectivity index (χ3n) is 3.01. The molecule has 0 atom stereocenters. The van der Waals surface area contributed by atoms with Crippen molar-refractivity contribution in [1.29, 1.82) is 0 Å². The first kappa shape index (κ1) is 11.8. The minimum absolute atomic E-state index is 0.0193. The Morgan fingerprint density at radius 3 is 2.58 bits per heavy atom. The zero-order chi connectivity index (χ0) is 13.4. The number of carbonyl (C=O) groups excluding carboxylic acids is 1. The normalized spacial score (nSPS) is 13.5. The smallest absolute Gasteiger partial charge is 0.164 e. The average Bonchev–Trinajstić information content (AvgIpc) is 2.71. The molecule has 19 heavy (non-hydrogen) atoms. The van der Waals surface area contributed by atoms with Crippen LogP contribution < -0.4 is 4.74 Å². The van der Waals surface area contributed by atoms with Crippen LogP contribution in [-0.2, 0) is 6.42 Å². The van der Waals surface area contributed by atoms with E-state index in [2.05, 4.69) is 6.07 Å². The molecule has 2 aromatic carbocycles. The van der Waals surface area contributed by atoms with Crippen molar-refractivity contribution in [3.8, 4) is 11.5 Å². The Kier molecular flexibility index (Phi) is 2.78. The largest absolute Gasteiger partial charge is 0.457 e. The molecule has 0 aromatic heterocycles. The van der Waals surface area contributed by atoms with Crippen LogP contribution in [0.3, 0.4) is 0 Å². The van der Waals surface area contributed by atoms with Crippen molar-refractivity contribution in [3.05, 3.63) is 59.2 Å². The first-order valence-electron chi connectivity index (χ1n) is 5.84. The lowest BCUT2D eigenvalue weighted by Gasteiger charge is -2.09. The summed E-state index contributed by atoms with van der Waals surface area (Å²) >= 11 is 0. The number of benzene rings is 2. The Balaban J connectivity index is 1.98. The van der Waals surface area contributed by atoms with E-state index in [-0.39, 0.29) is 11.5 Å². The second kappa shape index (κ2) is 4.46. The van der Waals surface area contributed by atoms with Gasteiger partial charge in [-0.1, -0.05) is 0 Å². The molecule has 0 bridgehead atoms. The molecule has 1 radical (unpaired) electrons. The fraction of sp³-hybridized carbons (Fsp3) is 0.133. The highest BCUT2D eigenvalue weighted by Crippen LogP contribution is 2.33. The fourth-order valence-corrected chi connectivity index (χ4v) is 2.18. The zero-order valence-electron chi connectivity index (χ0n) is 9.87. The maximum atomic E-state index is 13.1. The molecule has 0 amide bonds. The monoisotopic (exact) mass is 259 g/mol. The Morgan fingerprint density at radius 2 is 1.84 bits per heavy atom. The van der Waals surface area contributed by atoms with Crippen molar-refractivity contribution < 1.29 is 18.3 Å². The van der Waals surface area contributed by atoms with Crippen LogP contribution in [-0.4, -0.2) is 5.78 Å². The van der Waals surface area contributed by atoms with Crippen LogP contribution in [0.4, 0.5) is 8.78 Å². The van der Waals surface area contributed by atoms with Gasteiger partial charge in [0.2, 0.25) is 0 Å². The van der Waals surface area contributed by atoms with E-state index in [1.165, 1.54) is 0 Å². The number of carbonyl (C=O) groups is 1. The van der Waals surface area contributed by atoms with E-state index >= 15 is 0 Å². The molecule has 0 N–H and O–H groups in total. The topological polar surface area (TPSA) is 26.3 Å². The van der Waals surface area contributed by atoms with Crippen LogP contribution in [0.1, 0.15) is 22.3 Å². The van der Waals surface area contributed by atoms with Gasteiger partial charge in [-0.05, 0) is 24.6 Å². The molecule has 4 heteroatoms. The number of Topliss-reactive ketones (excluding diaryl/α,β-unsaturated/α-hetero) is 1. The van der Waals surface area contributed by atoms with Crippen molar-refractivity contribution in [1.82, 2.24) is 0 Å². The molecule has 2 nitrogen and oxygen atoms in total. The summed E-state index contributed by atoms with van der Waals surface area (Å²) in [6.07, 6.45) is 0.988. The number of ether oxygens (including phenoxy) is 1. The number of ketones is 1. The SMILES string of the molecule is O=C1CCc2c1[c]ccc2Oc1cc(F)cc(F)c1. The Bertz CT molecular complexity index is 645. The summed E-state index contributed by atoms with van der Waals surface area (Å²) in [6, 6.07) is 9.06. The van der Waals surface area contributed by atoms with E-state index in [1.807, 2.05) is 0 Å². The van der Waals surface area contributed by atoms with Crippen molar-refractivity contribution in [2.45, 2.75) is 12.8 Å².